The minimum atomic E-state index is -2.83. The summed E-state index contributed by atoms with van der Waals surface area (Å²) in [5.74, 6) is 1.65. The van der Waals surface area contributed by atoms with E-state index in [1.165, 1.54) is 12.8 Å². The first-order valence-corrected chi connectivity index (χ1v) is 11.7. The van der Waals surface area contributed by atoms with Crippen LogP contribution in [0.4, 0.5) is 8.78 Å². The van der Waals surface area contributed by atoms with Gasteiger partial charge < -0.3 is 9.72 Å². The number of halogens is 2. The second-order valence-electron chi connectivity index (χ2n) is 9.44. The number of H-pyrrole nitrogens is 1. The molecule has 9 heteroatoms. The Hall–Kier alpha value is -2.81. The highest BCUT2D eigenvalue weighted by Gasteiger charge is 2.31. The number of nitrogens with one attached hydrogen (secondary N) is 1. The van der Waals surface area contributed by atoms with E-state index in [1.54, 1.807) is 24.4 Å². The third-order valence-electron chi connectivity index (χ3n) is 7.01. The van der Waals surface area contributed by atoms with Crippen molar-refractivity contribution in [2.24, 2.45) is 11.8 Å². The Balaban J connectivity index is 1.29. The molecule has 2 fully saturated rings. The second kappa shape index (κ2) is 9.21. The van der Waals surface area contributed by atoms with Crippen molar-refractivity contribution in [1.82, 2.24) is 24.6 Å². The number of aromatic nitrogens is 4. The number of hydrogen-bond acceptors (Lipinski definition) is 5. The standard InChI is InChI=1S/C24H29F2N5O2/c1-15-12-30(13-16-5-4-8-19(9-16)33-24(25)26)14-17(15)10-21-28-22-20(23(32)29-21)11-27-31(22)18-6-2-3-7-18/h4-5,8-9,11,15,17-18,24H,2-3,6-7,10,12-14H2,1H3,(H,28,29,32)/t15-,17?/m1/s1. The van der Waals surface area contributed by atoms with E-state index >= 15 is 0 Å². The maximum atomic E-state index is 12.7. The molecule has 2 aromatic heterocycles. The van der Waals surface area contributed by atoms with Gasteiger partial charge in [0.2, 0.25) is 0 Å². The first-order valence-electron chi connectivity index (χ1n) is 11.7. The SMILES string of the molecule is C[C@@H]1CN(Cc2cccc(OC(F)F)c2)CC1Cc1nc2c(cnn2C2CCCC2)c(=O)[nH]1. The average Bonchev–Trinajstić information content (AvgIpc) is 3.49. The van der Waals surface area contributed by atoms with Gasteiger partial charge >= 0.3 is 6.61 Å². The second-order valence-corrected chi connectivity index (χ2v) is 9.44. The van der Waals surface area contributed by atoms with Crippen LogP contribution in [0.25, 0.3) is 11.0 Å². The summed E-state index contributed by atoms with van der Waals surface area (Å²) >= 11 is 0. The van der Waals surface area contributed by atoms with Gasteiger partial charge in [-0.25, -0.2) is 9.67 Å². The van der Waals surface area contributed by atoms with E-state index in [2.05, 4.69) is 26.6 Å². The van der Waals surface area contributed by atoms with Crippen molar-refractivity contribution < 1.29 is 13.5 Å². The zero-order chi connectivity index (χ0) is 22.9. The molecule has 0 radical (unpaired) electrons. The number of fused-ring (bicyclic) bond motifs is 1. The van der Waals surface area contributed by atoms with Gasteiger partial charge in [0.25, 0.3) is 5.56 Å². The van der Waals surface area contributed by atoms with Crippen molar-refractivity contribution in [2.75, 3.05) is 13.1 Å². The molecular weight excluding hydrogens is 428 g/mol. The van der Waals surface area contributed by atoms with Crippen molar-refractivity contribution in [2.45, 2.75) is 58.2 Å². The Labute approximate surface area is 190 Å². The van der Waals surface area contributed by atoms with Crippen LogP contribution in [0, 0.1) is 11.8 Å². The van der Waals surface area contributed by atoms with Crippen LogP contribution in [-0.4, -0.2) is 44.3 Å². The summed E-state index contributed by atoms with van der Waals surface area (Å²) in [5.41, 5.74) is 1.51. The largest absolute Gasteiger partial charge is 0.435 e. The number of alkyl halides is 2. The van der Waals surface area contributed by atoms with Crippen LogP contribution < -0.4 is 10.3 Å². The van der Waals surface area contributed by atoms with Crippen LogP contribution in [0.5, 0.6) is 5.75 Å². The predicted octanol–water partition coefficient (Wildman–Crippen LogP) is 4.15. The molecule has 2 aliphatic rings. The fourth-order valence-corrected chi connectivity index (χ4v) is 5.36. The minimum absolute atomic E-state index is 0.127. The lowest BCUT2D eigenvalue weighted by Crippen LogP contribution is -2.22. The lowest BCUT2D eigenvalue weighted by Gasteiger charge is -2.17. The summed E-state index contributed by atoms with van der Waals surface area (Å²) in [7, 11) is 0. The molecule has 1 saturated carbocycles. The molecule has 0 bridgehead atoms. The van der Waals surface area contributed by atoms with Gasteiger partial charge in [-0.2, -0.15) is 13.9 Å². The van der Waals surface area contributed by atoms with Crippen LogP contribution in [0.1, 0.15) is 50.0 Å². The van der Waals surface area contributed by atoms with Crippen LogP contribution in [0.2, 0.25) is 0 Å². The monoisotopic (exact) mass is 457 g/mol. The fourth-order valence-electron chi connectivity index (χ4n) is 5.36. The molecule has 1 aliphatic carbocycles. The van der Waals surface area contributed by atoms with Crippen LogP contribution in [0.3, 0.4) is 0 Å². The highest BCUT2D eigenvalue weighted by molar-refractivity contribution is 5.73. The smallest absolute Gasteiger partial charge is 0.387 e. The summed E-state index contributed by atoms with van der Waals surface area (Å²) in [6.07, 6.45) is 6.86. The predicted molar refractivity (Wildman–Crippen MR) is 120 cm³/mol. The average molecular weight is 458 g/mol. The normalized spacial score (nSPS) is 22.1. The molecule has 1 aromatic carbocycles. The van der Waals surface area contributed by atoms with Crippen molar-refractivity contribution in [3.63, 3.8) is 0 Å². The van der Waals surface area contributed by atoms with E-state index in [-0.39, 0.29) is 11.3 Å². The number of aromatic amines is 1. The van der Waals surface area contributed by atoms with E-state index in [9.17, 15) is 13.6 Å². The van der Waals surface area contributed by atoms with Crippen molar-refractivity contribution >= 4 is 11.0 Å². The highest BCUT2D eigenvalue weighted by Crippen LogP contribution is 2.31. The Morgan fingerprint density at radius 3 is 2.85 bits per heavy atom. The fraction of sp³-hybridized carbons (Fsp3) is 0.542. The van der Waals surface area contributed by atoms with Crippen LogP contribution in [-0.2, 0) is 13.0 Å². The van der Waals surface area contributed by atoms with E-state index in [0.717, 1.165) is 31.5 Å². The van der Waals surface area contributed by atoms with Crippen molar-refractivity contribution in [1.29, 1.82) is 0 Å². The number of ether oxygens (including phenoxy) is 1. The summed E-state index contributed by atoms with van der Waals surface area (Å²) in [6.45, 7) is 1.80. The molecule has 0 spiro atoms. The van der Waals surface area contributed by atoms with Gasteiger partial charge in [-0.1, -0.05) is 31.9 Å². The summed E-state index contributed by atoms with van der Waals surface area (Å²) in [6, 6.07) is 7.20. The van der Waals surface area contributed by atoms with Gasteiger partial charge in [-0.05, 0) is 42.4 Å². The minimum Gasteiger partial charge on any atom is -0.435 e. The first-order chi connectivity index (χ1) is 16.0. The first kappa shape index (κ1) is 22.0. The molecule has 3 aromatic rings. The number of nitrogens with zero attached hydrogens (tertiary/aromatic N) is 4. The van der Waals surface area contributed by atoms with Gasteiger partial charge in [-0.15, -0.1) is 0 Å². The molecular formula is C24H29F2N5O2. The zero-order valence-electron chi connectivity index (χ0n) is 18.7. The Morgan fingerprint density at radius 1 is 1.24 bits per heavy atom. The van der Waals surface area contributed by atoms with Crippen molar-refractivity contribution in [3.8, 4) is 5.75 Å². The van der Waals surface area contributed by atoms with Crippen LogP contribution in [0.15, 0.2) is 35.3 Å². The van der Waals surface area contributed by atoms with Crippen molar-refractivity contribution in [3.05, 3.63) is 52.2 Å². The molecule has 3 heterocycles. The quantitative estimate of drug-likeness (QED) is 0.577. The maximum Gasteiger partial charge on any atom is 0.387 e. The van der Waals surface area contributed by atoms with E-state index in [4.69, 9.17) is 4.98 Å². The molecule has 33 heavy (non-hydrogen) atoms. The molecule has 1 unspecified atom stereocenters. The molecule has 2 atom stereocenters. The molecule has 7 nitrogen and oxygen atoms in total. The van der Waals surface area contributed by atoms with Gasteiger partial charge in [0.1, 0.15) is 17.0 Å². The number of likely N-dealkylation sites (tertiary alicyclic amines) is 1. The van der Waals surface area contributed by atoms with E-state index in [0.29, 0.717) is 47.7 Å². The molecule has 5 rings (SSSR count). The number of hydrogen-bond donors (Lipinski definition) is 1. The highest BCUT2D eigenvalue weighted by atomic mass is 19.3. The Bertz CT molecular complexity index is 1170. The molecule has 1 N–H and O–H groups in total. The van der Waals surface area contributed by atoms with E-state index < -0.39 is 6.61 Å². The third-order valence-corrected chi connectivity index (χ3v) is 7.01. The summed E-state index contributed by atoms with van der Waals surface area (Å²) in [5, 5.41) is 5.03. The number of rotatable bonds is 7. The lowest BCUT2D eigenvalue weighted by atomic mass is 9.94. The Kier molecular flexibility index (Phi) is 6.14. The molecule has 1 aliphatic heterocycles. The number of benzene rings is 1. The Morgan fingerprint density at radius 2 is 2.06 bits per heavy atom. The maximum absolute atomic E-state index is 12.7. The van der Waals surface area contributed by atoms with Gasteiger partial charge in [0.15, 0.2) is 5.65 Å². The summed E-state index contributed by atoms with van der Waals surface area (Å²) < 4.78 is 31.5. The molecule has 176 valence electrons. The third kappa shape index (κ3) is 4.78. The summed E-state index contributed by atoms with van der Waals surface area (Å²) in [4.78, 5) is 22.8. The van der Waals surface area contributed by atoms with E-state index in [1.807, 2.05) is 10.7 Å². The molecule has 0 amide bonds. The lowest BCUT2D eigenvalue weighted by molar-refractivity contribution is -0.0499. The van der Waals surface area contributed by atoms with Gasteiger partial charge in [-0.3, -0.25) is 9.69 Å². The zero-order valence-corrected chi connectivity index (χ0v) is 18.7. The molecule has 1 saturated heterocycles. The van der Waals surface area contributed by atoms with Crippen LogP contribution >= 0.6 is 0 Å². The van der Waals surface area contributed by atoms with Gasteiger partial charge in [0.05, 0.1) is 12.2 Å². The van der Waals surface area contributed by atoms with Gasteiger partial charge in [0, 0.05) is 26.1 Å². The topological polar surface area (TPSA) is 76.0 Å².